The molecule has 1 aromatic carbocycles. The normalized spacial score (nSPS) is 21.7. The molecule has 1 aromatic rings. The molecule has 0 radical (unpaired) electrons. The van der Waals surface area contributed by atoms with Crippen LogP contribution in [0.5, 0.6) is 0 Å². The first kappa shape index (κ1) is 14.9. The monoisotopic (exact) mass is 297 g/mol. The third-order valence-corrected chi connectivity index (χ3v) is 4.81. The average molecular weight is 297 g/mol. The second-order valence-electron chi connectivity index (χ2n) is 6.46. The van der Waals surface area contributed by atoms with E-state index in [9.17, 15) is 13.2 Å². The van der Waals surface area contributed by atoms with Gasteiger partial charge in [-0.3, -0.25) is 0 Å². The number of alkyl halides is 3. The van der Waals surface area contributed by atoms with E-state index in [0.29, 0.717) is 12.0 Å². The lowest BCUT2D eigenvalue weighted by atomic mass is 9.84. The summed E-state index contributed by atoms with van der Waals surface area (Å²) < 4.78 is 38.8. The summed E-state index contributed by atoms with van der Waals surface area (Å²) in [7, 11) is 0. The highest BCUT2D eigenvalue weighted by atomic mass is 19.4. The lowest BCUT2D eigenvalue weighted by Crippen LogP contribution is -2.27. The molecule has 0 spiro atoms. The van der Waals surface area contributed by atoms with Gasteiger partial charge in [0.05, 0.1) is 5.56 Å². The summed E-state index contributed by atoms with van der Waals surface area (Å²) in [4.78, 5) is 0. The molecule has 2 fully saturated rings. The number of halogens is 3. The van der Waals surface area contributed by atoms with Crippen LogP contribution in [-0.4, -0.2) is 12.6 Å². The highest BCUT2D eigenvalue weighted by Gasteiger charge is 2.33. The van der Waals surface area contributed by atoms with Gasteiger partial charge in [0.25, 0.3) is 0 Å². The topological polar surface area (TPSA) is 12.0 Å². The van der Waals surface area contributed by atoms with Gasteiger partial charge in [0.1, 0.15) is 0 Å². The summed E-state index contributed by atoms with van der Waals surface area (Å²) in [6.07, 6.45) is 2.88. The molecule has 116 valence electrons. The minimum atomic E-state index is -4.25. The van der Waals surface area contributed by atoms with Crippen molar-refractivity contribution in [1.29, 1.82) is 0 Å². The van der Waals surface area contributed by atoms with E-state index in [-0.39, 0.29) is 5.92 Å². The Morgan fingerprint density at radius 1 is 1.10 bits per heavy atom. The lowest BCUT2D eigenvalue weighted by molar-refractivity contribution is -0.137. The van der Waals surface area contributed by atoms with Crippen LogP contribution in [0.4, 0.5) is 13.2 Å². The fraction of sp³-hybridized carbons (Fsp3) is 0.647. The molecule has 4 heteroatoms. The van der Waals surface area contributed by atoms with Crippen molar-refractivity contribution in [1.82, 2.24) is 5.32 Å². The molecule has 0 aliphatic heterocycles. The first-order valence-corrected chi connectivity index (χ1v) is 7.94. The highest BCUT2D eigenvalue weighted by Crippen LogP contribution is 2.39. The van der Waals surface area contributed by atoms with Crippen LogP contribution in [0.2, 0.25) is 0 Å². The van der Waals surface area contributed by atoms with Gasteiger partial charge in [0.2, 0.25) is 0 Å². The van der Waals surface area contributed by atoms with Crippen LogP contribution in [0.15, 0.2) is 24.3 Å². The molecule has 0 bridgehead atoms. The molecular formula is C17H22F3N. The van der Waals surface area contributed by atoms with E-state index in [1.165, 1.54) is 37.8 Å². The maximum absolute atomic E-state index is 12.9. The number of nitrogens with one attached hydrogen (secondary N) is 1. The van der Waals surface area contributed by atoms with Crippen LogP contribution in [0.25, 0.3) is 0 Å². The van der Waals surface area contributed by atoms with Gasteiger partial charge < -0.3 is 5.32 Å². The quantitative estimate of drug-likeness (QED) is 0.828. The van der Waals surface area contributed by atoms with Crippen LogP contribution in [0.3, 0.4) is 0 Å². The molecule has 21 heavy (non-hydrogen) atoms. The number of hydrogen-bond donors (Lipinski definition) is 1. The van der Waals surface area contributed by atoms with Crippen molar-refractivity contribution < 1.29 is 13.2 Å². The second kappa shape index (κ2) is 5.99. The summed E-state index contributed by atoms with van der Waals surface area (Å²) in [5.41, 5.74) is 0.333. The predicted octanol–water partition coefficient (Wildman–Crippen LogP) is 4.73. The van der Waals surface area contributed by atoms with Crippen molar-refractivity contribution in [3.05, 3.63) is 35.4 Å². The van der Waals surface area contributed by atoms with Gasteiger partial charge in [-0.05, 0) is 49.1 Å². The zero-order valence-corrected chi connectivity index (χ0v) is 12.1. The van der Waals surface area contributed by atoms with E-state index in [1.54, 1.807) is 6.07 Å². The van der Waals surface area contributed by atoms with E-state index in [2.05, 4.69) is 5.32 Å². The molecule has 0 amide bonds. The number of rotatable bonds is 5. The second-order valence-corrected chi connectivity index (χ2v) is 6.46. The van der Waals surface area contributed by atoms with Crippen LogP contribution < -0.4 is 5.32 Å². The van der Waals surface area contributed by atoms with Gasteiger partial charge >= 0.3 is 6.18 Å². The molecular weight excluding hydrogens is 275 g/mol. The van der Waals surface area contributed by atoms with Gasteiger partial charge in [-0.25, -0.2) is 0 Å². The highest BCUT2D eigenvalue weighted by molar-refractivity contribution is 5.29. The largest absolute Gasteiger partial charge is 0.416 e. The molecule has 2 aliphatic rings. The zero-order chi connectivity index (χ0) is 14.9. The summed E-state index contributed by atoms with van der Waals surface area (Å²) in [6.45, 7) is 0.816. The summed E-state index contributed by atoms with van der Waals surface area (Å²) in [5.74, 6) is 0.745. The Balaban J connectivity index is 1.80. The smallest absolute Gasteiger partial charge is 0.313 e. The lowest BCUT2D eigenvalue weighted by Gasteiger charge is -2.25. The Morgan fingerprint density at radius 3 is 2.43 bits per heavy atom. The van der Waals surface area contributed by atoms with Crippen molar-refractivity contribution in [3.8, 4) is 0 Å². The summed E-state index contributed by atoms with van der Waals surface area (Å²) in [6, 6.07) is 6.55. The van der Waals surface area contributed by atoms with E-state index in [0.717, 1.165) is 24.9 Å². The van der Waals surface area contributed by atoms with Crippen LogP contribution >= 0.6 is 0 Å². The summed E-state index contributed by atoms with van der Waals surface area (Å²) in [5, 5.41) is 3.51. The van der Waals surface area contributed by atoms with Crippen molar-refractivity contribution in [2.45, 2.75) is 56.7 Å². The van der Waals surface area contributed by atoms with Crippen molar-refractivity contribution in [2.24, 2.45) is 5.92 Å². The minimum absolute atomic E-state index is 0.218. The van der Waals surface area contributed by atoms with Gasteiger partial charge in [-0.15, -0.1) is 0 Å². The molecule has 2 aliphatic carbocycles. The van der Waals surface area contributed by atoms with E-state index in [4.69, 9.17) is 0 Å². The van der Waals surface area contributed by atoms with Crippen LogP contribution in [-0.2, 0) is 6.18 Å². The van der Waals surface area contributed by atoms with Gasteiger partial charge in [0.15, 0.2) is 0 Å². The SMILES string of the molecule is FC(F)(F)c1cccc(C(CNC2CC2)C2CCCC2)c1. The van der Waals surface area contributed by atoms with Crippen LogP contribution in [0, 0.1) is 5.92 Å². The van der Waals surface area contributed by atoms with Crippen molar-refractivity contribution >= 4 is 0 Å². The van der Waals surface area contributed by atoms with Gasteiger partial charge in [-0.1, -0.05) is 31.0 Å². The third-order valence-electron chi connectivity index (χ3n) is 4.81. The van der Waals surface area contributed by atoms with Crippen LogP contribution in [0.1, 0.15) is 55.6 Å². The minimum Gasteiger partial charge on any atom is -0.313 e. The molecule has 0 heterocycles. The number of benzene rings is 1. The number of hydrogen-bond acceptors (Lipinski definition) is 1. The third kappa shape index (κ3) is 3.79. The Bertz CT molecular complexity index is 473. The van der Waals surface area contributed by atoms with Crippen molar-refractivity contribution in [2.75, 3.05) is 6.54 Å². The van der Waals surface area contributed by atoms with Gasteiger partial charge in [-0.2, -0.15) is 13.2 Å². The molecule has 1 nitrogen and oxygen atoms in total. The maximum Gasteiger partial charge on any atom is 0.416 e. The first-order valence-electron chi connectivity index (χ1n) is 7.94. The molecule has 0 aromatic heterocycles. The van der Waals surface area contributed by atoms with E-state index in [1.807, 2.05) is 6.07 Å². The fourth-order valence-electron chi connectivity index (χ4n) is 3.44. The molecule has 2 saturated carbocycles. The standard InChI is InChI=1S/C17H22F3N/c18-17(19,20)14-7-3-6-13(10-14)16(11-21-15-8-9-15)12-4-1-2-5-12/h3,6-7,10,12,15-16,21H,1-2,4-5,8-9,11H2. The Labute approximate surface area is 123 Å². The van der Waals surface area contributed by atoms with Gasteiger partial charge in [0, 0.05) is 12.6 Å². The molecule has 0 saturated heterocycles. The Kier molecular flexibility index (Phi) is 4.25. The maximum atomic E-state index is 12.9. The Hall–Kier alpha value is -1.03. The zero-order valence-electron chi connectivity index (χ0n) is 12.1. The average Bonchev–Trinajstić information content (AvgIpc) is 3.12. The van der Waals surface area contributed by atoms with Crippen molar-refractivity contribution in [3.63, 3.8) is 0 Å². The Morgan fingerprint density at radius 2 is 1.81 bits per heavy atom. The van der Waals surface area contributed by atoms with E-state index < -0.39 is 11.7 Å². The first-order chi connectivity index (χ1) is 10.0. The van der Waals surface area contributed by atoms with E-state index >= 15 is 0 Å². The molecule has 3 rings (SSSR count). The molecule has 1 atom stereocenters. The summed E-state index contributed by atoms with van der Waals surface area (Å²) >= 11 is 0. The fourth-order valence-corrected chi connectivity index (χ4v) is 3.44. The predicted molar refractivity (Wildman–Crippen MR) is 77.2 cm³/mol. The molecule has 1 unspecified atom stereocenters. The molecule has 1 N–H and O–H groups in total.